The van der Waals surface area contributed by atoms with E-state index in [1.807, 2.05) is 24.3 Å². The zero-order chi connectivity index (χ0) is 20.1. The van der Waals surface area contributed by atoms with Gasteiger partial charge in [0.1, 0.15) is 0 Å². The summed E-state index contributed by atoms with van der Waals surface area (Å²) in [7, 11) is 0. The van der Waals surface area contributed by atoms with Crippen LogP contribution in [0.3, 0.4) is 0 Å². The average Bonchev–Trinajstić information content (AvgIpc) is 3.30. The number of hydrogen-bond acceptors (Lipinski definition) is 2. The van der Waals surface area contributed by atoms with E-state index >= 15 is 0 Å². The number of rotatable bonds is 6. The van der Waals surface area contributed by atoms with E-state index in [1.165, 1.54) is 18.4 Å². The number of piperidine rings is 1. The Morgan fingerprint density at radius 1 is 0.933 bits per heavy atom. The van der Waals surface area contributed by atoms with E-state index in [4.69, 9.17) is 11.6 Å². The standard InChI is InChI=1S/C25H31ClN2O.ClH/c26-22-10-12-23(13-11-22)28(25(29)21-8-4-5-9-21)24-15-18-27(19-16-24)17-14-20-6-2-1-3-7-20;/h1-3,6-7,10-13,21,24H,4-5,8-9,14-19H2;1H. The molecule has 3 nitrogen and oxygen atoms in total. The molecular weight excluding hydrogens is 415 g/mol. The lowest BCUT2D eigenvalue weighted by Gasteiger charge is -2.39. The van der Waals surface area contributed by atoms with Crippen molar-refractivity contribution in [3.05, 3.63) is 65.2 Å². The minimum absolute atomic E-state index is 0. The molecule has 0 unspecified atom stereocenters. The van der Waals surface area contributed by atoms with Crippen molar-refractivity contribution >= 4 is 35.6 Å². The van der Waals surface area contributed by atoms with Gasteiger partial charge in [0.2, 0.25) is 5.91 Å². The minimum Gasteiger partial charge on any atom is -0.309 e. The molecule has 1 heterocycles. The zero-order valence-electron chi connectivity index (χ0n) is 17.5. The maximum absolute atomic E-state index is 13.4. The predicted octanol–water partition coefficient (Wildman–Crippen LogP) is 5.99. The second-order valence-corrected chi connectivity index (χ2v) is 8.91. The van der Waals surface area contributed by atoms with Gasteiger partial charge in [-0.3, -0.25) is 4.79 Å². The highest BCUT2D eigenvalue weighted by Crippen LogP contribution is 2.32. The molecule has 1 amide bonds. The van der Waals surface area contributed by atoms with Gasteiger partial charge in [-0.15, -0.1) is 12.4 Å². The molecule has 0 atom stereocenters. The summed E-state index contributed by atoms with van der Waals surface area (Å²) in [6.45, 7) is 3.20. The summed E-state index contributed by atoms with van der Waals surface area (Å²) in [6.07, 6.45) is 7.61. The van der Waals surface area contributed by atoms with E-state index < -0.39 is 0 Å². The number of hydrogen-bond donors (Lipinski definition) is 0. The fourth-order valence-corrected chi connectivity index (χ4v) is 4.95. The highest BCUT2D eigenvalue weighted by molar-refractivity contribution is 6.30. The smallest absolute Gasteiger partial charge is 0.230 e. The largest absolute Gasteiger partial charge is 0.309 e. The van der Waals surface area contributed by atoms with Gasteiger partial charge < -0.3 is 9.80 Å². The number of amides is 1. The van der Waals surface area contributed by atoms with Crippen molar-refractivity contribution in [3.8, 4) is 0 Å². The number of likely N-dealkylation sites (tertiary alicyclic amines) is 1. The van der Waals surface area contributed by atoms with Gasteiger partial charge in [0.05, 0.1) is 0 Å². The van der Waals surface area contributed by atoms with Crippen LogP contribution in [0, 0.1) is 5.92 Å². The summed E-state index contributed by atoms with van der Waals surface area (Å²) >= 11 is 6.10. The Hall–Kier alpha value is -1.55. The molecule has 162 valence electrons. The summed E-state index contributed by atoms with van der Waals surface area (Å²) in [6, 6.07) is 18.8. The SMILES string of the molecule is Cl.O=C(C1CCCC1)N(c1ccc(Cl)cc1)C1CCN(CCc2ccccc2)CC1. The summed E-state index contributed by atoms with van der Waals surface area (Å²) < 4.78 is 0. The van der Waals surface area contributed by atoms with E-state index in [0.717, 1.165) is 62.4 Å². The molecule has 2 aromatic rings. The highest BCUT2D eigenvalue weighted by atomic mass is 35.5. The fraction of sp³-hybridized carbons (Fsp3) is 0.480. The molecular formula is C25H32Cl2N2O. The van der Waals surface area contributed by atoms with Gasteiger partial charge in [-0.1, -0.05) is 54.8 Å². The Labute approximate surface area is 191 Å². The maximum Gasteiger partial charge on any atom is 0.230 e. The van der Waals surface area contributed by atoms with Gasteiger partial charge in [0.25, 0.3) is 0 Å². The van der Waals surface area contributed by atoms with Crippen LogP contribution < -0.4 is 4.90 Å². The average molecular weight is 447 g/mol. The molecule has 1 aliphatic heterocycles. The Bertz CT molecular complexity index is 783. The molecule has 1 saturated heterocycles. The lowest BCUT2D eigenvalue weighted by Crippen LogP contribution is -2.49. The van der Waals surface area contributed by atoms with Crippen LogP contribution in [0.1, 0.15) is 44.1 Å². The molecule has 2 fully saturated rings. The molecule has 0 spiro atoms. The van der Waals surface area contributed by atoms with E-state index in [9.17, 15) is 4.79 Å². The van der Waals surface area contributed by atoms with E-state index in [2.05, 4.69) is 40.1 Å². The molecule has 1 aliphatic carbocycles. The monoisotopic (exact) mass is 446 g/mol. The van der Waals surface area contributed by atoms with Crippen LogP contribution in [0.4, 0.5) is 5.69 Å². The Balaban J connectivity index is 0.00000256. The third kappa shape index (κ3) is 5.78. The van der Waals surface area contributed by atoms with E-state index in [1.54, 1.807) is 0 Å². The molecule has 2 aliphatic rings. The summed E-state index contributed by atoms with van der Waals surface area (Å²) in [5.41, 5.74) is 2.41. The normalized spacial score (nSPS) is 18.2. The van der Waals surface area contributed by atoms with Gasteiger partial charge >= 0.3 is 0 Å². The van der Waals surface area contributed by atoms with Gasteiger partial charge in [-0.25, -0.2) is 0 Å². The van der Waals surface area contributed by atoms with Crippen molar-refractivity contribution in [1.29, 1.82) is 0 Å². The molecule has 2 aromatic carbocycles. The quantitative estimate of drug-likeness (QED) is 0.543. The van der Waals surface area contributed by atoms with Crippen molar-refractivity contribution in [1.82, 2.24) is 4.90 Å². The number of halogens is 2. The van der Waals surface area contributed by atoms with Crippen LogP contribution in [-0.4, -0.2) is 36.5 Å². The minimum atomic E-state index is 0. The molecule has 5 heteroatoms. The van der Waals surface area contributed by atoms with Crippen molar-refractivity contribution in [2.45, 2.75) is 51.0 Å². The second-order valence-electron chi connectivity index (χ2n) is 8.47. The lowest BCUT2D eigenvalue weighted by atomic mass is 9.98. The topological polar surface area (TPSA) is 23.6 Å². The maximum atomic E-state index is 13.4. The molecule has 0 N–H and O–H groups in total. The fourth-order valence-electron chi connectivity index (χ4n) is 4.82. The number of nitrogens with zero attached hydrogens (tertiary/aromatic N) is 2. The van der Waals surface area contributed by atoms with Gasteiger partial charge in [-0.2, -0.15) is 0 Å². The number of benzene rings is 2. The molecule has 0 aromatic heterocycles. The first-order chi connectivity index (χ1) is 14.2. The molecule has 0 bridgehead atoms. The zero-order valence-corrected chi connectivity index (χ0v) is 19.1. The Morgan fingerprint density at radius 2 is 1.57 bits per heavy atom. The summed E-state index contributed by atoms with van der Waals surface area (Å²) in [5, 5.41) is 0.720. The van der Waals surface area contributed by atoms with Crippen molar-refractivity contribution < 1.29 is 4.79 Å². The van der Waals surface area contributed by atoms with Crippen molar-refractivity contribution in [3.63, 3.8) is 0 Å². The van der Waals surface area contributed by atoms with Crippen LogP contribution in [0.5, 0.6) is 0 Å². The lowest BCUT2D eigenvalue weighted by molar-refractivity contribution is -0.122. The van der Waals surface area contributed by atoms with Gasteiger partial charge in [0, 0.05) is 42.3 Å². The number of carbonyl (C=O) groups excluding carboxylic acids is 1. The van der Waals surface area contributed by atoms with Crippen LogP contribution in [0.15, 0.2) is 54.6 Å². The molecule has 4 rings (SSSR count). The number of anilines is 1. The van der Waals surface area contributed by atoms with E-state index in [0.29, 0.717) is 5.91 Å². The van der Waals surface area contributed by atoms with Crippen LogP contribution in [0.2, 0.25) is 5.02 Å². The first kappa shape index (κ1) is 23.1. The Morgan fingerprint density at radius 3 is 2.20 bits per heavy atom. The highest BCUT2D eigenvalue weighted by Gasteiger charge is 2.34. The summed E-state index contributed by atoms with van der Waals surface area (Å²) in [4.78, 5) is 18.1. The number of carbonyl (C=O) groups is 1. The van der Waals surface area contributed by atoms with Crippen LogP contribution in [0.25, 0.3) is 0 Å². The first-order valence-corrected chi connectivity index (χ1v) is 11.4. The van der Waals surface area contributed by atoms with Crippen molar-refractivity contribution in [2.75, 3.05) is 24.5 Å². The molecule has 30 heavy (non-hydrogen) atoms. The third-order valence-electron chi connectivity index (χ3n) is 6.53. The Kier molecular flexibility index (Phi) is 8.61. The van der Waals surface area contributed by atoms with E-state index in [-0.39, 0.29) is 24.4 Å². The molecule has 1 saturated carbocycles. The van der Waals surface area contributed by atoms with Crippen LogP contribution in [-0.2, 0) is 11.2 Å². The summed E-state index contributed by atoms with van der Waals surface area (Å²) in [5.74, 6) is 0.523. The second kappa shape index (κ2) is 11.2. The first-order valence-electron chi connectivity index (χ1n) is 11.1. The predicted molar refractivity (Wildman–Crippen MR) is 128 cm³/mol. The van der Waals surface area contributed by atoms with Gasteiger partial charge in [-0.05, 0) is 61.9 Å². The third-order valence-corrected chi connectivity index (χ3v) is 6.78. The molecule has 0 radical (unpaired) electrons. The van der Waals surface area contributed by atoms with Crippen molar-refractivity contribution in [2.24, 2.45) is 5.92 Å². The van der Waals surface area contributed by atoms with Crippen LogP contribution >= 0.6 is 24.0 Å². The van der Waals surface area contributed by atoms with Gasteiger partial charge in [0.15, 0.2) is 0 Å².